The molecular weight excluding hydrogens is 204 g/mol. The number of piperidine rings is 1. The van der Waals surface area contributed by atoms with Crippen molar-refractivity contribution in [2.45, 2.75) is 25.3 Å². The van der Waals surface area contributed by atoms with Crippen LogP contribution in [-0.2, 0) is 0 Å². The summed E-state index contributed by atoms with van der Waals surface area (Å²) in [6.45, 7) is 1.04. The number of carbonyl (C=O) groups excluding carboxylic acids is 1. The van der Waals surface area contributed by atoms with Crippen LogP contribution in [0.4, 0.5) is 0 Å². The summed E-state index contributed by atoms with van der Waals surface area (Å²) in [4.78, 5) is 13.2. The molecule has 0 bridgehead atoms. The Kier molecular flexibility index (Phi) is 3.24. The van der Waals surface area contributed by atoms with Gasteiger partial charge in [0.25, 0.3) is 5.91 Å². The first-order valence-corrected chi connectivity index (χ1v) is 5.69. The van der Waals surface area contributed by atoms with Crippen molar-refractivity contribution in [3.8, 4) is 0 Å². The highest BCUT2D eigenvalue weighted by Crippen LogP contribution is 2.21. The van der Waals surface area contributed by atoms with Crippen LogP contribution < -0.4 is 5.32 Å². The van der Waals surface area contributed by atoms with Gasteiger partial charge in [0.1, 0.15) is 5.69 Å². The Bertz CT molecular complexity index is 366. The van der Waals surface area contributed by atoms with Crippen molar-refractivity contribution in [1.82, 2.24) is 20.4 Å². The van der Waals surface area contributed by atoms with Crippen LogP contribution in [0.3, 0.4) is 0 Å². The molecule has 0 spiro atoms. The predicted molar refractivity (Wildman–Crippen MR) is 61.2 cm³/mol. The summed E-state index contributed by atoms with van der Waals surface area (Å²) in [6, 6.07) is 2.18. The number of aromatic amines is 1. The molecule has 0 radical (unpaired) electrons. The molecule has 2 heterocycles. The number of hydrogen-bond acceptors (Lipinski definition) is 3. The number of amides is 1. The molecule has 1 atom stereocenters. The lowest BCUT2D eigenvalue weighted by Crippen LogP contribution is -2.27. The van der Waals surface area contributed by atoms with Gasteiger partial charge in [-0.25, -0.2) is 0 Å². The standard InChI is InChI=1S/C11H18N4O/c1-15(2)11(16)10-7-9(13-14-10)8-5-3-4-6-12-8/h7-8,12H,3-6H2,1-2H3,(H,13,14)/t8-/m0/s1. The Balaban J connectivity index is 2.09. The third kappa shape index (κ3) is 2.24. The number of carbonyl (C=O) groups is 1. The van der Waals surface area contributed by atoms with Crippen molar-refractivity contribution in [2.75, 3.05) is 20.6 Å². The number of nitrogens with zero attached hydrogens (tertiary/aromatic N) is 2. The van der Waals surface area contributed by atoms with Gasteiger partial charge in [-0.15, -0.1) is 0 Å². The molecule has 1 saturated heterocycles. The summed E-state index contributed by atoms with van der Waals surface area (Å²) in [5, 5.41) is 10.4. The van der Waals surface area contributed by atoms with E-state index in [-0.39, 0.29) is 5.91 Å². The molecule has 1 aliphatic heterocycles. The maximum Gasteiger partial charge on any atom is 0.273 e. The fourth-order valence-electron chi connectivity index (χ4n) is 1.97. The molecule has 0 aromatic carbocycles. The first-order chi connectivity index (χ1) is 7.68. The highest BCUT2D eigenvalue weighted by Gasteiger charge is 2.19. The van der Waals surface area contributed by atoms with Gasteiger partial charge in [0.15, 0.2) is 0 Å². The Labute approximate surface area is 95.2 Å². The van der Waals surface area contributed by atoms with Crippen LogP contribution in [0, 0.1) is 0 Å². The van der Waals surface area contributed by atoms with Gasteiger partial charge in [0, 0.05) is 20.1 Å². The van der Waals surface area contributed by atoms with Crippen LogP contribution in [0.15, 0.2) is 6.07 Å². The van der Waals surface area contributed by atoms with Gasteiger partial charge in [-0.3, -0.25) is 9.89 Å². The van der Waals surface area contributed by atoms with Gasteiger partial charge in [-0.2, -0.15) is 5.10 Å². The van der Waals surface area contributed by atoms with Crippen molar-refractivity contribution in [3.05, 3.63) is 17.5 Å². The van der Waals surface area contributed by atoms with E-state index in [2.05, 4.69) is 15.5 Å². The maximum absolute atomic E-state index is 11.7. The van der Waals surface area contributed by atoms with E-state index in [4.69, 9.17) is 0 Å². The molecular formula is C11H18N4O. The van der Waals surface area contributed by atoms with Gasteiger partial charge in [-0.1, -0.05) is 6.42 Å². The zero-order valence-electron chi connectivity index (χ0n) is 9.79. The minimum atomic E-state index is -0.0571. The molecule has 1 fully saturated rings. The molecule has 2 rings (SSSR count). The highest BCUT2D eigenvalue weighted by molar-refractivity contribution is 5.91. The van der Waals surface area contributed by atoms with E-state index in [1.54, 1.807) is 14.1 Å². The molecule has 5 heteroatoms. The minimum Gasteiger partial charge on any atom is -0.343 e. The van der Waals surface area contributed by atoms with Crippen molar-refractivity contribution in [2.24, 2.45) is 0 Å². The summed E-state index contributed by atoms with van der Waals surface area (Å²) in [5.41, 5.74) is 1.51. The van der Waals surface area contributed by atoms with Crippen molar-refractivity contribution >= 4 is 5.91 Å². The van der Waals surface area contributed by atoms with Crippen LogP contribution in [0.1, 0.15) is 41.5 Å². The van der Waals surface area contributed by atoms with Crippen LogP contribution >= 0.6 is 0 Å². The third-order valence-corrected chi connectivity index (χ3v) is 2.91. The van der Waals surface area contributed by atoms with Gasteiger partial charge in [-0.05, 0) is 25.5 Å². The van der Waals surface area contributed by atoms with E-state index in [9.17, 15) is 4.79 Å². The molecule has 1 aliphatic rings. The van der Waals surface area contributed by atoms with Gasteiger partial charge >= 0.3 is 0 Å². The number of H-pyrrole nitrogens is 1. The first-order valence-electron chi connectivity index (χ1n) is 5.69. The summed E-state index contributed by atoms with van der Waals surface area (Å²) >= 11 is 0. The fraction of sp³-hybridized carbons (Fsp3) is 0.636. The monoisotopic (exact) mass is 222 g/mol. The maximum atomic E-state index is 11.7. The highest BCUT2D eigenvalue weighted by atomic mass is 16.2. The van der Waals surface area contributed by atoms with Crippen LogP contribution in [0.2, 0.25) is 0 Å². The Morgan fingerprint density at radius 2 is 2.31 bits per heavy atom. The summed E-state index contributed by atoms with van der Waals surface area (Å²) in [5.74, 6) is -0.0571. The van der Waals surface area contributed by atoms with Gasteiger partial charge < -0.3 is 10.2 Å². The third-order valence-electron chi connectivity index (χ3n) is 2.91. The summed E-state index contributed by atoms with van der Waals surface area (Å²) in [7, 11) is 3.46. The van der Waals surface area contributed by atoms with E-state index in [1.165, 1.54) is 17.7 Å². The lowest BCUT2D eigenvalue weighted by Gasteiger charge is -2.21. The van der Waals surface area contributed by atoms with Crippen LogP contribution in [-0.4, -0.2) is 41.6 Å². The Hall–Kier alpha value is -1.36. The summed E-state index contributed by atoms with van der Waals surface area (Å²) < 4.78 is 0. The molecule has 1 aromatic rings. The fourth-order valence-corrected chi connectivity index (χ4v) is 1.97. The second-order valence-corrected chi connectivity index (χ2v) is 4.41. The second-order valence-electron chi connectivity index (χ2n) is 4.41. The lowest BCUT2D eigenvalue weighted by atomic mass is 10.0. The molecule has 1 aromatic heterocycles. The average molecular weight is 222 g/mol. The number of hydrogen-bond donors (Lipinski definition) is 2. The zero-order chi connectivity index (χ0) is 11.5. The topological polar surface area (TPSA) is 61.0 Å². The molecule has 5 nitrogen and oxygen atoms in total. The smallest absolute Gasteiger partial charge is 0.273 e. The zero-order valence-corrected chi connectivity index (χ0v) is 9.79. The number of rotatable bonds is 2. The Morgan fingerprint density at radius 1 is 1.50 bits per heavy atom. The largest absolute Gasteiger partial charge is 0.343 e. The molecule has 0 saturated carbocycles. The average Bonchev–Trinajstić information content (AvgIpc) is 2.78. The lowest BCUT2D eigenvalue weighted by molar-refractivity contribution is 0.0822. The molecule has 0 unspecified atom stereocenters. The quantitative estimate of drug-likeness (QED) is 0.782. The second kappa shape index (κ2) is 4.65. The Morgan fingerprint density at radius 3 is 2.94 bits per heavy atom. The van der Waals surface area contributed by atoms with Gasteiger partial charge in [0.2, 0.25) is 0 Å². The molecule has 1 amide bonds. The van der Waals surface area contributed by atoms with Crippen molar-refractivity contribution in [1.29, 1.82) is 0 Å². The molecule has 88 valence electrons. The normalized spacial score (nSPS) is 20.8. The van der Waals surface area contributed by atoms with E-state index in [0.29, 0.717) is 11.7 Å². The number of aromatic nitrogens is 2. The van der Waals surface area contributed by atoms with Gasteiger partial charge in [0.05, 0.1) is 5.69 Å². The SMILES string of the molecule is CN(C)C(=O)c1cc([C@@H]2CCCCN2)[nH]n1. The molecule has 2 N–H and O–H groups in total. The van der Waals surface area contributed by atoms with Crippen LogP contribution in [0.5, 0.6) is 0 Å². The summed E-state index contributed by atoms with van der Waals surface area (Å²) in [6.07, 6.45) is 3.57. The van der Waals surface area contributed by atoms with E-state index >= 15 is 0 Å². The molecule has 0 aliphatic carbocycles. The predicted octanol–water partition coefficient (Wildman–Crippen LogP) is 0.926. The van der Waals surface area contributed by atoms with Crippen LogP contribution in [0.25, 0.3) is 0 Å². The van der Waals surface area contributed by atoms with Crippen molar-refractivity contribution < 1.29 is 4.79 Å². The van der Waals surface area contributed by atoms with Crippen molar-refractivity contribution in [3.63, 3.8) is 0 Å². The van der Waals surface area contributed by atoms with E-state index in [0.717, 1.165) is 18.7 Å². The molecule has 16 heavy (non-hydrogen) atoms. The number of nitrogens with one attached hydrogen (secondary N) is 2. The van der Waals surface area contributed by atoms with E-state index in [1.807, 2.05) is 6.07 Å². The minimum absolute atomic E-state index is 0.0571. The van der Waals surface area contributed by atoms with E-state index < -0.39 is 0 Å². The first kappa shape index (κ1) is 11.1.